The molecule has 0 aromatic carbocycles. The van der Waals surface area contributed by atoms with E-state index in [9.17, 15) is 61.0 Å². The Kier molecular flexibility index (Phi) is 31.6. The molecule has 19 nitrogen and oxygen atoms in total. The van der Waals surface area contributed by atoms with E-state index in [2.05, 4.69) is 24.4 Å². The number of rotatable bonds is 36. The zero-order valence-electron chi connectivity index (χ0n) is 41.3. The number of aliphatic hydroxyl groups excluding tert-OH is 11. The molecule has 17 atom stereocenters. The Labute approximate surface area is 409 Å². The number of amides is 1. The van der Waals surface area contributed by atoms with Gasteiger partial charge in [-0.3, -0.25) is 4.79 Å². The van der Waals surface area contributed by atoms with Crippen LogP contribution in [0.15, 0.2) is 24.3 Å². The van der Waals surface area contributed by atoms with Crippen LogP contribution in [0.3, 0.4) is 0 Å². The topological polar surface area (TPSA) is 307 Å². The van der Waals surface area contributed by atoms with E-state index < -0.39 is 124 Å². The maximum absolute atomic E-state index is 12.9. The second kappa shape index (κ2) is 35.4. The number of ether oxygens (including phenoxy) is 6. The minimum atomic E-state index is -1.98. The maximum Gasteiger partial charge on any atom is 0.220 e. The Hall–Kier alpha value is -1.73. The van der Waals surface area contributed by atoms with Gasteiger partial charge in [0.05, 0.1) is 38.6 Å². The summed E-state index contributed by atoms with van der Waals surface area (Å²) in [5.74, 6) is -0.312. The smallest absolute Gasteiger partial charge is 0.220 e. The van der Waals surface area contributed by atoms with Gasteiger partial charge < -0.3 is 89.9 Å². The molecule has 0 aliphatic carbocycles. The SMILES string of the molecule is CCCCCCCCCCCCCCCCC/C=C/CC/C=C/C(O)C(COC1OC(CO)C(OC2OC(CO)C(OC3OC(CO)C(O)C(O)C3O)C(O)C2O)C(O)C1O)NC(=O)CCCCC. The second-order valence-corrected chi connectivity index (χ2v) is 19.0. The van der Waals surface area contributed by atoms with Gasteiger partial charge in [-0.25, -0.2) is 0 Å². The van der Waals surface area contributed by atoms with Crippen LogP contribution < -0.4 is 5.32 Å². The lowest BCUT2D eigenvalue weighted by atomic mass is 9.96. The van der Waals surface area contributed by atoms with Gasteiger partial charge in [-0.05, 0) is 32.1 Å². The van der Waals surface area contributed by atoms with Gasteiger partial charge in [0.2, 0.25) is 5.91 Å². The second-order valence-electron chi connectivity index (χ2n) is 19.0. The molecule has 3 fully saturated rings. The van der Waals surface area contributed by atoms with Crippen LogP contribution in [0.4, 0.5) is 0 Å². The molecule has 404 valence electrons. The Morgan fingerprint density at radius 2 is 0.928 bits per heavy atom. The number of nitrogens with one attached hydrogen (secondary N) is 1. The molecule has 19 heteroatoms. The predicted octanol–water partition coefficient (Wildman–Crippen LogP) is 2.03. The highest BCUT2D eigenvalue weighted by Crippen LogP contribution is 2.33. The van der Waals surface area contributed by atoms with Gasteiger partial charge in [-0.2, -0.15) is 0 Å². The van der Waals surface area contributed by atoms with Crippen LogP contribution in [0.5, 0.6) is 0 Å². The normalized spacial score (nSPS) is 33.0. The van der Waals surface area contributed by atoms with Crippen LogP contribution >= 0.6 is 0 Å². The van der Waals surface area contributed by atoms with E-state index >= 15 is 0 Å². The summed E-state index contributed by atoms with van der Waals surface area (Å²) in [6.45, 7) is 1.48. The van der Waals surface area contributed by atoms with E-state index in [0.717, 1.165) is 32.1 Å². The molecular formula is C50H91NO18. The molecule has 0 aromatic rings. The molecule has 3 heterocycles. The summed E-state index contributed by atoms with van der Waals surface area (Å²) >= 11 is 0. The fraction of sp³-hybridized carbons (Fsp3) is 0.900. The third-order valence-corrected chi connectivity index (χ3v) is 13.3. The van der Waals surface area contributed by atoms with Crippen molar-refractivity contribution in [2.24, 2.45) is 0 Å². The van der Waals surface area contributed by atoms with Crippen molar-refractivity contribution in [2.75, 3.05) is 26.4 Å². The van der Waals surface area contributed by atoms with Gasteiger partial charge in [0.25, 0.3) is 0 Å². The number of allylic oxidation sites excluding steroid dienone is 3. The van der Waals surface area contributed by atoms with E-state index in [1.807, 2.05) is 13.0 Å². The molecule has 3 aliphatic heterocycles. The molecule has 3 aliphatic rings. The maximum atomic E-state index is 12.9. The fourth-order valence-corrected chi connectivity index (χ4v) is 8.85. The third-order valence-electron chi connectivity index (χ3n) is 13.3. The van der Waals surface area contributed by atoms with Gasteiger partial charge in [0.1, 0.15) is 73.2 Å². The van der Waals surface area contributed by atoms with Crippen molar-refractivity contribution < 1.29 is 89.4 Å². The Morgan fingerprint density at radius 3 is 1.45 bits per heavy atom. The van der Waals surface area contributed by atoms with Gasteiger partial charge in [0.15, 0.2) is 18.9 Å². The van der Waals surface area contributed by atoms with E-state index in [0.29, 0.717) is 12.8 Å². The first kappa shape index (κ1) is 61.6. The van der Waals surface area contributed by atoms with E-state index in [1.54, 1.807) is 6.08 Å². The number of unbranched alkanes of at least 4 members (excludes halogenated alkanes) is 18. The van der Waals surface area contributed by atoms with E-state index in [4.69, 9.17) is 28.4 Å². The summed E-state index contributed by atoms with van der Waals surface area (Å²) in [5.41, 5.74) is 0. The number of aliphatic hydroxyl groups is 11. The van der Waals surface area contributed by atoms with Crippen LogP contribution in [-0.2, 0) is 33.2 Å². The van der Waals surface area contributed by atoms with Crippen molar-refractivity contribution in [3.05, 3.63) is 24.3 Å². The van der Waals surface area contributed by atoms with Crippen molar-refractivity contribution in [3.8, 4) is 0 Å². The largest absolute Gasteiger partial charge is 0.394 e. The highest BCUT2D eigenvalue weighted by molar-refractivity contribution is 5.76. The first-order valence-electron chi connectivity index (χ1n) is 26.1. The van der Waals surface area contributed by atoms with Crippen molar-refractivity contribution in [3.63, 3.8) is 0 Å². The molecular weight excluding hydrogens is 903 g/mol. The molecule has 0 aromatic heterocycles. The van der Waals surface area contributed by atoms with Crippen LogP contribution in [0.25, 0.3) is 0 Å². The van der Waals surface area contributed by atoms with Crippen LogP contribution in [0.1, 0.15) is 155 Å². The Morgan fingerprint density at radius 1 is 0.507 bits per heavy atom. The molecule has 3 saturated heterocycles. The average Bonchev–Trinajstić information content (AvgIpc) is 3.34. The number of hydrogen-bond acceptors (Lipinski definition) is 18. The predicted molar refractivity (Wildman–Crippen MR) is 254 cm³/mol. The fourth-order valence-electron chi connectivity index (χ4n) is 8.85. The van der Waals surface area contributed by atoms with Crippen molar-refractivity contribution in [1.82, 2.24) is 5.32 Å². The number of hydrogen-bond donors (Lipinski definition) is 12. The quantitative estimate of drug-likeness (QED) is 0.0316. The molecule has 0 radical (unpaired) electrons. The van der Waals surface area contributed by atoms with E-state index in [-0.39, 0.29) is 18.9 Å². The molecule has 12 N–H and O–H groups in total. The molecule has 69 heavy (non-hydrogen) atoms. The summed E-state index contributed by atoms with van der Waals surface area (Å²) in [6.07, 6.45) is 5.93. The van der Waals surface area contributed by atoms with Gasteiger partial charge in [0, 0.05) is 6.42 Å². The van der Waals surface area contributed by atoms with E-state index in [1.165, 1.54) is 89.9 Å². The van der Waals surface area contributed by atoms with Crippen molar-refractivity contribution in [2.45, 2.75) is 259 Å². The highest BCUT2D eigenvalue weighted by Gasteiger charge is 2.53. The third kappa shape index (κ3) is 21.3. The summed E-state index contributed by atoms with van der Waals surface area (Å²) in [7, 11) is 0. The molecule has 0 bridgehead atoms. The van der Waals surface area contributed by atoms with Gasteiger partial charge >= 0.3 is 0 Å². The Balaban J connectivity index is 1.46. The first-order chi connectivity index (χ1) is 33.3. The zero-order chi connectivity index (χ0) is 50.6. The highest BCUT2D eigenvalue weighted by atomic mass is 16.8. The lowest BCUT2D eigenvalue weighted by molar-refractivity contribution is -0.379. The van der Waals surface area contributed by atoms with Crippen LogP contribution in [0, 0.1) is 0 Å². The molecule has 17 unspecified atom stereocenters. The van der Waals surface area contributed by atoms with Crippen LogP contribution in [-0.4, -0.2) is 193 Å². The molecule has 1 amide bonds. The first-order valence-corrected chi connectivity index (χ1v) is 26.1. The zero-order valence-corrected chi connectivity index (χ0v) is 41.3. The summed E-state index contributed by atoms with van der Waals surface area (Å²) < 4.78 is 33.9. The minimum absolute atomic E-state index is 0.222. The minimum Gasteiger partial charge on any atom is -0.394 e. The van der Waals surface area contributed by atoms with Crippen LogP contribution in [0.2, 0.25) is 0 Å². The molecule has 0 spiro atoms. The molecule has 0 saturated carbocycles. The average molecular weight is 994 g/mol. The van der Waals surface area contributed by atoms with Crippen molar-refractivity contribution >= 4 is 5.91 Å². The lowest BCUT2D eigenvalue weighted by Crippen LogP contribution is -2.66. The molecule has 3 rings (SSSR count). The Bertz CT molecular complexity index is 1380. The van der Waals surface area contributed by atoms with Crippen molar-refractivity contribution in [1.29, 1.82) is 0 Å². The summed E-state index contributed by atoms with van der Waals surface area (Å²) in [4.78, 5) is 12.9. The monoisotopic (exact) mass is 994 g/mol. The van der Waals surface area contributed by atoms with Gasteiger partial charge in [-0.15, -0.1) is 0 Å². The summed E-state index contributed by atoms with van der Waals surface area (Å²) in [5, 5.41) is 119. The number of carbonyl (C=O) groups excluding carboxylic acids is 1. The van der Waals surface area contributed by atoms with Gasteiger partial charge in [-0.1, -0.05) is 141 Å². The lowest BCUT2D eigenvalue weighted by Gasteiger charge is -2.48. The number of carbonyl (C=O) groups is 1. The standard InChI is InChI=1S/C50H91NO18/c1-3-5-7-8-9-10-11-12-13-14-15-16-17-18-19-20-21-22-23-24-26-27-34(55)33(51-38(56)28-25-6-4-2)32-64-48-44(62)41(59)46(36(30-53)66-48)69-50-45(63)42(60)47(37(31-54)67-50)68-49-43(61)40(58)39(57)35(29-52)65-49/h21-22,26-27,33-37,39-50,52-55,57-63H,3-20,23-25,28-32H2,1-2H3,(H,51,56)/b22-21+,27-26+. The summed E-state index contributed by atoms with van der Waals surface area (Å²) in [6, 6.07) is -0.980.